The number of benzene rings is 1. The molecule has 1 aromatic carbocycles. The van der Waals surface area contributed by atoms with Crippen LogP contribution in [0.3, 0.4) is 0 Å². The van der Waals surface area contributed by atoms with E-state index in [0.29, 0.717) is 0 Å². The first-order chi connectivity index (χ1) is 11.8. The Bertz CT molecular complexity index is 746. The van der Waals surface area contributed by atoms with E-state index in [0.717, 1.165) is 35.1 Å². The molecule has 1 heterocycles. The van der Waals surface area contributed by atoms with Crippen molar-refractivity contribution in [2.45, 2.75) is 71.8 Å². The van der Waals surface area contributed by atoms with E-state index in [4.69, 9.17) is 4.98 Å². The van der Waals surface area contributed by atoms with Crippen LogP contribution in [-0.2, 0) is 12.0 Å². The van der Waals surface area contributed by atoms with Crippen molar-refractivity contribution in [1.82, 2.24) is 9.55 Å². The molecule has 2 aromatic rings. The largest absolute Gasteiger partial charge is 0.334 e. The molecule has 3 heteroatoms. The molecule has 0 aliphatic heterocycles. The summed E-state index contributed by atoms with van der Waals surface area (Å²) in [6.45, 7) is 9.35. The summed E-state index contributed by atoms with van der Waals surface area (Å²) in [4.78, 5) is 16.7. The van der Waals surface area contributed by atoms with Crippen LogP contribution in [0.1, 0.15) is 76.0 Å². The Morgan fingerprint density at radius 1 is 1.20 bits per heavy atom. The Hall–Kier alpha value is -1.90. The van der Waals surface area contributed by atoms with Crippen molar-refractivity contribution in [2.75, 3.05) is 0 Å². The number of hydrogen-bond donors (Lipinski definition) is 0. The zero-order valence-corrected chi connectivity index (χ0v) is 16.0. The molecule has 25 heavy (non-hydrogen) atoms. The first kappa shape index (κ1) is 17.9. The van der Waals surface area contributed by atoms with Gasteiger partial charge in [0, 0.05) is 29.3 Å². The average molecular weight is 338 g/mol. The van der Waals surface area contributed by atoms with E-state index in [1.807, 2.05) is 24.3 Å². The van der Waals surface area contributed by atoms with E-state index in [2.05, 4.69) is 31.5 Å². The third kappa shape index (κ3) is 4.20. The van der Waals surface area contributed by atoms with Crippen LogP contribution in [-0.4, -0.2) is 15.3 Å². The van der Waals surface area contributed by atoms with E-state index in [-0.39, 0.29) is 11.2 Å². The van der Waals surface area contributed by atoms with Crippen molar-refractivity contribution in [2.24, 2.45) is 5.92 Å². The first-order valence-electron chi connectivity index (χ1n) is 9.53. The van der Waals surface area contributed by atoms with Gasteiger partial charge in [-0.2, -0.15) is 0 Å². The van der Waals surface area contributed by atoms with Crippen LogP contribution in [0.5, 0.6) is 0 Å². The Labute approximate surface area is 151 Å². The monoisotopic (exact) mass is 338 g/mol. The van der Waals surface area contributed by atoms with Gasteiger partial charge in [0.15, 0.2) is 5.78 Å². The fourth-order valence-corrected chi connectivity index (χ4v) is 3.84. The zero-order valence-electron chi connectivity index (χ0n) is 16.0. The van der Waals surface area contributed by atoms with Gasteiger partial charge in [-0.25, -0.2) is 4.98 Å². The molecule has 1 aliphatic rings. The molecular formula is C22H30N2O. The summed E-state index contributed by atoms with van der Waals surface area (Å²) in [5.74, 6) is 2.00. The molecule has 1 aliphatic carbocycles. The summed E-state index contributed by atoms with van der Waals surface area (Å²) in [6.07, 6.45) is 8.95. The van der Waals surface area contributed by atoms with E-state index in [9.17, 15) is 4.79 Å². The van der Waals surface area contributed by atoms with Crippen LogP contribution in [0, 0.1) is 5.92 Å². The van der Waals surface area contributed by atoms with Gasteiger partial charge in [-0.15, -0.1) is 0 Å². The zero-order chi connectivity index (χ0) is 18.0. The van der Waals surface area contributed by atoms with Crippen LogP contribution in [0.4, 0.5) is 0 Å². The van der Waals surface area contributed by atoms with E-state index >= 15 is 0 Å². The molecule has 134 valence electrons. The Morgan fingerprint density at radius 2 is 1.92 bits per heavy atom. The van der Waals surface area contributed by atoms with Gasteiger partial charge in [0.1, 0.15) is 5.82 Å². The van der Waals surface area contributed by atoms with Crippen molar-refractivity contribution in [3.8, 4) is 11.3 Å². The number of ketones is 1. The summed E-state index contributed by atoms with van der Waals surface area (Å²) in [5.41, 5.74) is 2.76. The SMILES string of the molecule is CC(=O)c1cccc(-c2cn(CC3CCCCC3)c(C(C)(C)C)n2)c1. The van der Waals surface area contributed by atoms with Crippen LogP contribution < -0.4 is 0 Å². The summed E-state index contributed by atoms with van der Waals surface area (Å²) < 4.78 is 2.37. The number of nitrogens with zero attached hydrogens (tertiary/aromatic N) is 2. The first-order valence-corrected chi connectivity index (χ1v) is 9.53. The lowest BCUT2D eigenvalue weighted by atomic mass is 9.88. The average Bonchev–Trinajstić information content (AvgIpc) is 3.00. The quantitative estimate of drug-likeness (QED) is 0.677. The van der Waals surface area contributed by atoms with Gasteiger partial charge < -0.3 is 4.57 Å². The topological polar surface area (TPSA) is 34.9 Å². The maximum absolute atomic E-state index is 11.7. The molecule has 0 spiro atoms. The Kier molecular flexibility index (Phi) is 5.12. The standard InChI is InChI=1S/C22H30N2O/c1-16(25)18-11-8-12-19(13-18)20-15-24(21(23-20)22(2,3)4)14-17-9-6-5-7-10-17/h8,11-13,15,17H,5-7,9-10,14H2,1-4H3. The molecule has 0 radical (unpaired) electrons. The second kappa shape index (κ2) is 7.15. The number of imidazole rings is 1. The summed E-state index contributed by atoms with van der Waals surface area (Å²) in [7, 11) is 0. The lowest BCUT2D eigenvalue weighted by Gasteiger charge is -2.25. The van der Waals surface area contributed by atoms with Gasteiger partial charge in [-0.05, 0) is 31.7 Å². The van der Waals surface area contributed by atoms with E-state index < -0.39 is 0 Å². The molecule has 0 N–H and O–H groups in total. The van der Waals surface area contributed by atoms with Gasteiger partial charge in [-0.1, -0.05) is 58.2 Å². The van der Waals surface area contributed by atoms with Crippen molar-refractivity contribution >= 4 is 5.78 Å². The minimum atomic E-state index is 0.00506. The third-order valence-corrected chi connectivity index (χ3v) is 5.19. The molecule has 0 saturated heterocycles. The van der Waals surface area contributed by atoms with Crippen molar-refractivity contribution < 1.29 is 4.79 Å². The van der Waals surface area contributed by atoms with Crippen LogP contribution in [0.15, 0.2) is 30.5 Å². The smallest absolute Gasteiger partial charge is 0.159 e. The maximum atomic E-state index is 11.7. The maximum Gasteiger partial charge on any atom is 0.159 e. The highest BCUT2D eigenvalue weighted by atomic mass is 16.1. The van der Waals surface area contributed by atoms with Crippen molar-refractivity contribution in [3.05, 3.63) is 41.9 Å². The summed E-state index contributed by atoms with van der Waals surface area (Å²) >= 11 is 0. The number of carbonyl (C=O) groups is 1. The highest BCUT2D eigenvalue weighted by Crippen LogP contribution is 2.30. The molecule has 0 unspecified atom stereocenters. The van der Waals surface area contributed by atoms with Gasteiger partial charge in [0.25, 0.3) is 0 Å². The van der Waals surface area contributed by atoms with Gasteiger partial charge in [-0.3, -0.25) is 4.79 Å². The Morgan fingerprint density at radius 3 is 2.56 bits per heavy atom. The number of Topliss-reactive ketones (excluding diaryl/α,β-unsaturated/α-hetero) is 1. The number of carbonyl (C=O) groups excluding carboxylic acids is 1. The van der Waals surface area contributed by atoms with E-state index in [1.54, 1.807) is 6.92 Å². The highest BCUT2D eigenvalue weighted by molar-refractivity contribution is 5.95. The number of aromatic nitrogens is 2. The van der Waals surface area contributed by atoms with E-state index in [1.165, 1.54) is 32.1 Å². The number of hydrogen-bond acceptors (Lipinski definition) is 2. The minimum absolute atomic E-state index is 0.00506. The number of rotatable bonds is 4. The lowest BCUT2D eigenvalue weighted by Crippen LogP contribution is -2.22. The fourth-order valence-electron chi connectivity index (χ4n) is 3.84. The lowest BCUT2D eigenvalue weighted by molar-refractivity contribution is 0.101. The van der Waals surface area contributed by atoms with Crippen LogP contribution in [0.2, 0.25) is 0 Å². The fraction of sp³-hybridized carbons (Fsp3) is 0.545. The van der Waals surface area contributed by atoms with Gasteiger partial charge in [0.05, 0.1) is 5.69 Å². The van der Waals surface area contributed by atoms with Crippen LogP contribution >= 0.6 is 0 Å². The minimum Gasteiger partial charge on any atom is -0.334 e. The molecule has 1 fully saturated rings. The van der Waals surface area contributed by atoms with Gasteiger partial charge >= 0.3 is 0 Å². The third-order valence-electron chi connectivity index (χ3n) is 5.19. The van der Waals surface area contributed by atoms with Crippen molar-refractivity contribution in [3.63, 3.8) is 0 Å². The molecule has 0 bridgehead atoms. The molecule has 0 atom stereocenters. The van der Waals surface area contributed by atoms with Crippen molar-refractivity contribution in [1.29, 1.82) is 0 Å². The molecule has 1 saturated carbocycles. The molecule has 3 nitrogen and oxygen atoms in total. The molecule has 0 amide bonds. The molecule has 1 aromatic heterocycles. The second-order valence-electron chi connectivity index (χ2n) is 8.49. The Balaban J connectivity index is 1.95. The second-order valence-corrected chi connectivity index (χ2v) is 8.49. The predicted octanol–water partition coefficient (Wildman–Crippen LogP) is 5.63. The van der Waals surface area contributed by atoms with Gasteiger partial charge in [0.2, 0.25) is 0 Å². The highest BCUT2D eigenvalue weighted by Gasteiger charge is 2.24. The molecule has 3 rings (SSSR count). The molecular weight excluding hydrogens is 308 g/mol. The van der Waals surface area contributed by atoms with Crippen LogP contribution in [0.25, 0.3) is 11.3 Å². The normalized spacial score (nSPS) is 16.2. The summed E-state index contributed by atoms with van der Waals surface area (Å²) in [5, 5.41) is 0. The predicted molar refractivity (Wildman–Crippen MR) is 103 cm³/mol. The summed E-state index contributed by atoms with van der Waals surface area (Å²) in [6, 6.07) is 7.83.